The molecule has 0 fully saturated rings. The van der Waals surface area contributed by atoms with Crippen molar-refractivity contribution in [2.24, 2.45) is 11.5 Å². The summed E-state index contributed by atoms with van der Waals surface area (Å²) >= 11 is 4.01. The molecule has 4 unspecified atom stereocenters. The number of nitrogens with two attached hydrogens (primary N) is 2. The number of thiol groups is 1. The highest BCUT2D eigenvalue weighted by Gasteiger charge is 2.30. The van der Waals surface area contributed by atoms with Crippen molar-refractivity contribution in [1.29, 1.82) is 0 Å². The minimum Gasteiger partial charge on any atom is -0.480 e. The van der Waals surface area contributed by atoms with Gasteiger partial charge in [0.15, 0.2) is 0 Å². The molecular formula is C21H33N9O5S. The number of hydrogen-bond acceptors (Lipinski definition) is 9. The first kappa shape index (κ1) is 28.8. The number of H-pyrrole nitrogens is 2. The lowest BCUT2D eigenvalue weighted by molar-refractivity contribution is -0.142. The lowest BCUT2D eigenvalue weighted by Gasteiger charge is -2.25. The maximum Gasteiger partial charge on any atom is 0.326 e. The van der Waals surface area contributed by atoms with Crippen LogP contribution in [-0.2, 0) is 32.0 Å². The van der Waals surface area contributed by atoms with Gasteiger partial charge in [-0.2, -0.15) is 12.6 Å². The summed E-state index contributed by atoms with van der Waals surface area (Å²) in [4.78, 5) is 63.8. The van der Waals surface area contributed by atoms with Gasteiger partial charge >= 0.3 is 5.97 Å². The molecule has 0 aliphatic carbocycles. The molecule has 0 saturated carbocycles. The number of aromatic nitrogens is 4. The molecule has 36 heavy (non-hydrogen) atoms. The zero-order valence-corrected chi connectivity index (χ0v) is 20.5. The van der Waals surface area contributed by atoms with E-state index >= 15 is 0 Å². The Morgan fingerprint density at radius 1 is 0.889 bits per heavy atom. The van der Waals surface area contributed by atoms with Gasteiger partial charge in [-0.05, 0) is 25.8 Å². The molecule has 2 heterocycles. The van der Waals surface area contributed by atoms with Gasteiger partial charge in [-0.25, -0.2) is 14.8 Å². The standard InChI is InChI=1S/C21H33N9O5S/c22-4-2-1-3-15(28-18(31)14(23)9-36)19(32)29-16(5-12-7-24-10-26-12)20(33)30-17(21(34)35)6-13-8-25-11-27-13/h7-8,10-11,14-17,36H,1-6,9,22-23H2,(H,24,26)(H,25,27)(H,28,31)(H,29,32)(H,30,33)(H,34,35). The molecule has 15 heteroatoms. The lowest BCUT2D eigenvalue weighted by atomic mass is 10.1. The van der Waals surface area contributed by atoms with Crippen molar-refractivity contribution in [1.82, 2.24) is 35.9 Å². The molecule has 0 radical (unpaired) electrons. The second-order valence-corrected chi connectivity index (χ2v) is 8.52. The quantitative estimate of drug-likeness (QED) is 0.0859. The fourth-order valence-corrected chi connectivity index (χ4v) is 3.48. The van der Waals surface area contributed by atoms with Crippen LogP contribution in [0.2, 0.25) is 0 Å². The van der Waals surface area contributed by atoms with Crippen molar-refractivity contribution in [3.05, 3.63) is 36.4 Å². The van der Waals surface area contributed by atoms with Crippen LogP contribution in [0.25, 0.3) is 0 Å². The van der Waals surface area contributed by atoms with E-state index in [4.69, 9.17) is 11.5 Å². The molecule has 2 rings (SSSR count). The first-order valence-corrected chi connectivity index (χ1v) is 12.0. The van der Waals surface area contributed by atoms with Crippen molar-refractivity contribution in [2.75, 3.05) is 12.3 Å². The summed E-state index contributed by atoms with van der Waals surface area (Å²) in [7, 11) is 0. The third-order valence-electron chi connectivity index (χ3n) is 5.32. The summed E-state index contributed by atoms with van der Waals surface area (Å²) in [6.07, 6.45) is 7.17. The Morgan fingerprint density at radius 3 is 1.92 bits per heavy atom. The summed E-state index contributed by atoms with van der Waals surface area (Å²) in [6.45, 7) is 0.413. The van der Waals surface area contributed by atoms with Gasteiger partial charge in [0, 0.05) is 42.4 Å². The third kappa shape index (κ3) is 9.31. The van der Waals surface area contributed by atoms with Gasteiger partial charge in [-0.3, -0.25) is 14.4 Å². The smallest absolute Gasteiger partial charge is 0.326 e. The summed E-state index contributed by atoms with van der Waals surface area (Å²) in [5.74, 6) is -3.06. The lowest BCUT2D eigenvalue weighted by Crippen LogP contribution is -2.58. The van der Waals surface area contributed by atoms with E-state index in [1.807, 2.05) is 0 Å². The number of imidazole rings is 2. The Bertz CT molecular complexity index is 971. The highest BCUT2D eigenvalue weighted by Crippen LogP contribution is 2.06. The molecular weight excluding hydrogens is 490 g/mol. The highest BCUT2D eigenvalue weighted by molar-refractivity contribution is 7.80. The molecule has 2 aromatic rings. The van der Waals surface area contributed by atoms with Gasteiger partial charge in [0.05, 0.1) is 18.7 Å². The first-order valence-electron chi connectivity index (χ1n) is 11.4. The van der Waals surface area contributed by atoms with E-state index in [0.717, 1.165) is 0 Å². The van der Waals surface area contributed by atoms with Crippen LogP contribution in [0.3, 0.4) is 0 Å². The molecule has 0 spiro atoms. The minimum absolute atomic E-state index is 0.00753. The van der Waals surface area contributed by atoms with Crippen LogP contribution in [0, 0.1) is 0 Å². The van der Waals surface area contributed by atoms with Crippen molar-refractivity contribution >= 4 is 36.3 Å². The normalized spacial score (nSPS) is 14.3. The topological polar surface area (TPSA) is 234 Å². The molecule has 0 saturated heterocycles. The number of amides is 3. The predicted octanol–water partition coefficient (Wildman–Crippen LogP) is -2.16. The molecule has 10 N–H and O–H groups in total. The summed E-state index contributed by atoms with van der Waals surface area (Å²) < 4.78 is 0. The molecule has 198 valence electrons. The van der Waals surface area contributed by atoms with Crippen molar-refractivity contribution in [2.45, 2.75) is 56.3 Å². The number of nitrogens with one attached hydrogen (secondary N) is 5. The SMILES string of the molecule is NCCCCC(NC(=O)C(N)CS)C(=O)NC(Cc1cnc[nH]1)C(=O)NC(Cc1cnc[nH]1)C(=O)O. The Balaban J connectivity index is 2.18. The monoisotopic (exact) mass is 523 g/mol. The van der Waals surface area contributed by atoms with E-state index in [1.54, 1.807) is 0 Å². The number of carbonyl (C=O) groups is 4. The van der Waals surface area contributed by atoms with E-state index in [0.29, 0.717) is 30.8 Å². The fourth-order valence-electron chi connectivity index (χ4n) is 3.31. The summed E-state index contributed by atoms with van der Waals surface area (Å²) in [6, 6.07) is -4.32. The number of carbonyl (C=O) groups excluding carboxylic acids is 3. The second-order valence-electron chi connectivity index (χ2n) is 8.16. The first-order chi connectivity index (χ1) is 17.2. The maximum atomic E-state index is 13.2. The molecule has 0 aliphatic heterocycles. The zero-order chi connectivity index (χ0) is 26.5. The molecule has 2 aromatic heterocycles. The number of aromatic amines is 2. The van der Waals surface area contributed by atoms with Gasteiger partial charge in [0.25, 0.3) is 0 Å². The Morgan fingerprint density at radius 2 is 1.42 bits per heavy atom. The number of carboxylic acids is 1. The zero-order valence-electron chi connectivity index (χ0n) is 19.6. The molecule has 14 nitrogen and oxygen atoms in total. The second kappa shape index (κ2) is 14.9. The fraction of sp³-hybridized carbons (Fsp3) is 0.524. The molecule has 0 aromatic carbocycles. The average molecular weight is 524 g/mol. The molecule has 0 bridgehead atoms. The molecule has 3 amide bonds. The van der Waals surface area contributed by atoms with Crippen LogP contribution in [0.4, 0.5) is 0 Å². The Kier molecular flexibility index (Phi) is 11.9. The van der Waals surface area contributed by atoms with E-state index in [9.17, 15) is 24.3 Å². The van der Waals surface area contributed by atoms with Gasteiger partial charge in [0.2, 0.25) is 17.7 Å². The number of hydrogen-bond donors (Lipinski definition) is 9. The molecule has 4 atom stereocenters. The molecule has 0 aliphatic rings. The number of unbranched alkanes of at least 4 members (excludes halogenated alkanes) is 1. The highest BCUT2D eigenvalue weighted by atomic mass is 32.1. The number of nitrogens with zero attached hydrogens (tertiary/aromatic N) is 2. The van der Waals surface area contributed by atoms with E-state index in [-0.39, 0.29) is 25.0 Å². The van der Waals surface area contributed by atoms with Gasteiger partial charge in [-0.15, -0.1) is 0 Å². The van der Waals surface area contributed by atoms with Crippen LogP contribution < -0.4 is 27.4 Å². The number of carboxylic acid groups (broad SMARTS) is 1. The third-order valence-corrected chi connectivity index (χ3v) is 5.71. The number of aliphatic carboxylic acids is 1. The average Bonchev–Trinajstić information content (AvgIpc) is 3.56. The van der Waals surface area contributed by atoms with E-state index in [2.05, 4.69) is 48.5 Å². The van der Waals surface area contributed by atoms with Crippen molar-refractivity contribution in [3.63, 3.8) is 0 Å². The van der Waals surface area contributed by atoms with Crippen molar-refractivity contribution < 1.29 is 24.3 Å². The van der Waals surface area contributed by atoms with Gasteiger partial charge < -0.3 is 42.5 Å². The van der Waals surface area contributed by atoms with E-state index < -0.39 is 47.9 Å². The minimum atomic E-state index is -1.27. The summed E-state index contributed by atoms with van der Waals surface area (Å²) in [5, 5.41) is 17.3. The van der Waals surface area contributed by atoms with Gasteiger partial charge in [0.1, 0.15) is 18.1 Å². The largest absolute Gasteiger partial charge is 0.480 e. The van der Waals surface area contributed by atoms with E-state index in [1.165, 1.54) is 25.0 Å². The van der Waals surface area contributed by atoms with Crippen LogP contribution >= 0.6 is 12.6 Å². The van der Waals surface area contributed by atoms with Crippen LogP contribution in [0.5, 0.6) is 0 Å². The van der Waals surface area contributed by atoms with Crippen molar-refractivity contribution in [3.8, 4) is 0 Å². The van der Waals surface area contributed by atoms with Crippen LogP contribution in [-0.4, -0.2) is 85.2 Å². The number of rotatable bonds is 16. The summed E-state index contributed by atoms with van der Waals surface area (Å²) in [5.41, 5.74) is 12.3. The predicted molar refractivity (Wildman–Crippen MR) is 133 cm³/mol. The van der Waals surface area contributed by atoms with Crippen LogP contribution in [0.15, 0.2) is 25.0 Å². The Labute approximate surface area is 213 Å². The maximum absolute atomic E-state index is 13.2. The Hall–Kier alpha value is -3.43. The van der Waals surface area contributed by atoms with Gasteiger partial charge in [-0.1, -0.05) is 0 Å². The van der Waals surface area contributed by atoms with Crippen LogP contribution in [0.1, 0.15) is 30.7 Å².